The lowest BCUT2D eigenvalue weighted by molar-refractivity contribution is 0.171. The molecule has 0 aliphatic heterocycles. The van der Waals surface area contributed by atoms with Gasteiger partial charge in [0.25, 0.3) is 0 Å². The average molecular weight is 211 g/mol. The van der Waals surface area contributed by atoms with E-state index in [-0.39, 0.29) is 12.0 Å². The molecule has 0 saturated heterocycles. The van der Waals surface area contributed by atoms with E-state index in [1.165, 1.54) is 0 Å². The molecule has 0 atom stereocenters. The van der Waals surface area contributed by atoms with Crippen LogP contribution in [0.15, 0.2) is 0 Å². The lowest BCUT2D eigenvalue weighted by Gasteiger charge is -2.22. The molecule has 86 valence electrons. The van der Waals surface area contributed by atoms with Crippen LogP contribution in [0.25, 0.3) is 0 Å². The van der Waals surface area contributed by atoms with Gasteiger partial charge in [-0.05, 0) is 13.8 Å². The van der Waals surface area contributed by atoms with Crippen LogP contribution in [0.1, 0.15) is 25.2 Å². The maximum Gasteiger partial charge on any atom is 0.0827 e. The Kier molecular flexibility index (Phi) is 3.39. The van der Waals surface area contributed by atoms with Gasteiger partial charge in [-0.2, -0.15) is 5.10 Å². The molecule has 15 heavy (non-hydrogen) atoms. The van der Waals surface area contributed by atoms with E-state index in [2.05, 4.69) is 10.4 Å². The van der Waals surface area contributed by atoms with Crippen molar-refractivity contribution in [2.24, 2.45) is 12.5 Å². The quantitative estimate of drug-likeness (QED) is 0.793. The maximum absolute atomic E-state index is 9.16. The summed E-state index contributed by atoms with van der Waals surface area (Å²) >= 11 is 0. The molecule has 1 heterocycles. The van der Waals surface area contributed by atoms with Crippen LogP contribution < -0.4 is 5.32 Å². The second-order valence-electron chi connectivity index (χ2n) is 4.85. The number of nitrogens with zero attached hydrogens (tertiary/aromatic N) is 2. The molecule has 2 N–H and O–H groups in total. The highest BCUT2D eigenvalue weighted by molar-refractivity contribution is 5.52. The van der Waals surface area contributed by atoms with Crippen LogP contribution in [0.5, 0.6) is 0 Å². The summed E-state index contributed by atoms with van der Waals surface area (Å²) in [7, 11) is 1.94. The summed E-state index contributed by atoms with van der Waals surface area (Å²) in [5.41, 5.74) is 3.11. The normalized spacial score (nSPS) is 11.9. The van der Waals surface area contributed by atoms with Crippen molar-refractivity contribution in [2.75, 3.05) is 18.5 Å². The van der Waals surface area contributed by atoms with Gasteiger partial charge in [-0.1, -0.05) is 13.8 Å². The van der Waals surface area contributed by atoms with Gasteiger partial charge in [0.05, 0.1) is 17.1 Å². The molecule has 0 unspecified atom stereocenters. The molecule has 4 nitrogen and oxygen atoms in total. The van der Waals surface area contributed by atoms with Crippen molar-refractivity contribution in [2.45, 2.75) is 27.7 Å². The monoisotopic (exact) mass is 211 g/mol. The highest BCUT2D eigenvalue weighted by atomic mass is 16.3. The second-order valence-corrected chi connectivity index (χ2v) is 4.85. The zero-order valence-corrected chi connectivity index (χ0v) is 10.3. The molecule has 1 aromatic rings. The Morgan fingerprint density at radius 3 is 2.40 bits per heavy atom. The molecule has 0 spiro atoms. The molecule has 0 fully saturated rings. The van der Waals surface area contributed by atoms with Crippen molar-refractivity contribution in [1.82, 2.24) is 9.78 Å². The Bertz CT molecular complexity index is 342. The van der Waals surface area contributed by atoms with Crippen LogP contribution in [-0.4, -0.2) is 28.0 Å². The average Bonchev–Trinajstić information content (AvgIpc) is 2.39. The predicted molar refractivity (Wildman–Crippen MR) is 62.0 cm³/mol. The first-order valence-electron chi connectivity index (χ1n) is 5.22. The van der Waals surface area contributed by atoms with Gasteiger partial charge in [-0.15, -0.1) is 0 Å². The number of rotatable bonds is 4. The molecule has 0 aliphatic rings. The largest absolute Gasteiger partial charge is 0.396 e. The standard InChI is InChI=1S/C11H21N3O/c1-8-10(9(2)14(5)13-8)12-6-11(3,4)7-15/h12,15H,6-7H2,1-5H3. The van der Waals surface area contributed by atoms with E-state index in [9.17, 15) is 0 Å². The third-order valence-electron chi connectivity index (χ3n) is 2.68. The summed E-state index contributed by atoms with van der Waals surface area (Å²) in [6.07, 6.45) is 0. The first-order chi connectivity index (χ1) is 6.87. The molecule has 0 aromatic carbocycles. The number of aliphatic hydroxyl groups excluding tert-OH is 1. The molecule has 1 aromatic heterocycles. The summed E-state index contributed by atoms with van der Waals surface area (Å²) in [5.74, 6) is 0. The lowest BCUT2D eigenvalue weighted by Crippen LogP contribution is -2.27. The summed E-state index contributed by atoms with van der Waals surface area (Å²) < 4.78 is 1.86. The number of aromatic nitrogens is 2. The minimum absolute atomic E-state index is 0.102. The van der Waals surface area contributed by atoms with Crippen molar-refractivity contribution in [1.29, 1.82) is 0 Å². The minimum atomic E-state index is -0.102. The van der Waals surface area contributed by atoms with Crippen LogP contribution >= 0.6 is 0 Å². The minimum Gasteiger partial charge on any atom is -0.396 e. The van der Waals surface area contributed by atoms with Gasteiger partial charge in [0.2, 0.25) is 0 Å². The third-order valence-corrected chi connectivity index (χ3v) is 2.68. The number of hydrogen-bond donors (Lipinski definition) is 2. The maximum atomic E-state index is 9.16. The van der Waals surface area contributed by atoms with E-state index in [0.29, 0.717) is 0 Å². The Morgan fingerprint density at radius 2 is 2.00 bits per heavy atom. The molecule has 4 heteroatoms. The van der Waals surface area contributed by atoms with Crippen LogP contribution in [0, 0.1) is 19.3 Å². The van der Waals surface area contributed by atoms with Crippen LogP contribution in [0.4, 0.5) is 5.69 Å². The van der Waals surface area contributed by atoms with Gasteiger partial charge in [0.1, 0.15) is 0 Å². The molecule has 0 radical (unpaired) electrons. The lowest BCUT2D eigenvalue weighted by atomic mass is 9.95. The number of anilines is 1. The fourth-order valence-corrected chi connectivity index (χ4v) is 1.41. The number of nitrogens with one attached hydrogen (secondary N) is 1. The van der Waals surface area contributed by atoms with E-state index in [1.807, 2.05) is 39.4 Å². The van der Waals surface area contributed by atoms with Crippen molar-refractivity contribution >= 4 is 5.69 Å². The molecule has 0 saturated carbocycles. The summed E-state index contributed by atoms with van der Waals surface area (Å²) in [6, 6.07) is 0. The fourth-order valence-electron chi connectivity index (χ4n) is 1.41. The van der Waals surface area contributed by atoms with E-state index in [0.717, 1.165) is 23.6 Å². The van der Waals surface area contributed by atoms with Crippen molar-refractivity contribution in [3.63, 3.8) is 0 Å². The van der Waals surface area contributed by atoms with E-state index in [4.69, 9.17) is 5.11 Å². The van der Waals surface area contributed by atoms with Crippen LogP contribution in [0.2, 0.25) is 0 Å². The van der Waals surface area contributed by atoms with Gasteiger partial charge < -0.3 is 10.4 Å². The number of hydrogen-bond acceptors (Lipinski definition) is 3. The zero-order chi connectivity index (χ0) is 11.6. The van der Waals surface area contributed by atoms with Gasteiger partial charge in [0.15, 0.2) is 0 Å². The van der Waals surface area contributed by atoms with Crippen LogP contribution in [0.3, 0.4) is 0 Å². The van der Waals surface area contributed by atoms with E-state index < -0.39 is 0 Å². The van der Waals surface area contributed by atoms with Crippen molar-refractivity contribution in [3.8, 4) is 0 Å². The van der Waals surface area contributed by atoms with Crippen LogP contribution in [-0.2, 0) is 7.05 Å². The smallest absolute Gasteiger partial charge is 0.0827 e. The summed E-state index contributed by atoms with van der Waals surface area (Å²) in [6.45, 7) is 9.01. The third kappa shape index (κ3) is 2.72. The highest BCUT2D eigenvalue weighted by Gasteiger charge is 2.18. The van der Waals surface area contributed by atoms with Crippen molar-refractivity contribution < 1.29 is 5.11 Å². The summed E-state index contributed by atoms with van der Waals surface area (Å²) in [5, 5.41) is 16.8. The highest BCUT2D eigenvalue weighted by Crippen LogP contribution is 2.21. The SMILES string of the molecule is Cc1nn(C)c(C)c1NCC(C)(C)CO. The molecule has 1 rings (SSSR count). The Balaban J connectivity index is 2.73. The molecule has 0 aliphatic carbocycles. The zero-order valence-electron chi connectivity index (χ0n) is 10.3. The first-order valence-corrected chi connectivity index (χ1v) is 5.22. The Hall–Kier alpha value is -1.03. The van der Waals surface area contributed by atoms with E-state index >= 15 is 0 Å². The van der Waals surface area contributed by atoms with Gasteiger partial charge in [-0.3, -0.25) is 4.68 Å². The molecule has 0 bridgehead atoms. The van der Waals surface area contributed by atoms with E-state index in [1.54, 1.807) is 0 Å². The molecular weight excluding hydrogens is 190 g/mol. The summed E-state index contributed by atoms with van der Waals surface area (Å²) in [4.78, 5) is 0. The fraction of sp³-hybridized carbons (Fsp3) is 0.727. The van der Waals surface area contributed by atoms with Gasteiger partial charge in [-0.25, -0.2) is 0 Å². The topological polar surface area (TPSA) is 50.1 Å². The Morgan fingerprint density at radius 1 is 1.40 bits per heavy atom. The van der Waals surface area contributed by atoms with Gasteiger partial charge >= 0.3 is 0 Å². The van der Waals surface area contributed by atoms with Crippen molar-refractivity contribution in [3.05, 3.63) is 11.4 Å². The van der Waals surface area contributed by atoms with Gasteiger partial charge in [0, 0.05) is 25.6 Å². The number of aryl methyl sites for hydroxylation is 2. The molecule has 0 amide bonds. The number of aliphatic hydroxyl groups is 1. The Labute approximate surface area is 91.3 Å². The molecular formula is C11H21N3O. The predicted octanol–water partition coefficient (Wildman–Crippen LogP) is 1.47. The second kappa shape index (κ2) is 4.23. The first kappa shape index (κ1) is 12.0.